The Kier molecular flexibility index (Phi) is 2.12. The molecule has 0 aromatic rings. The van der Waals surface area contributed by atoms with E-state index in [-0.39, 0.29) is 12.0 Å². The van der Waals surface area contributed by atoms with Gasteiger partial charge in [0.05, 0.1) is 6.04 Å². The fourth-order valence-electron chi connectivity index (χ4n) is 1.08. The second-order valence-corrected chi connectivity index (χ2v) is 2.90. The molecule has 0 spiro atoms. The molecule has 4 nitrogen and oxygen atoms in total. The SMILES string of the molecule is CC(C)[C@@H]1COC(=O)N1C=O. The monoisotopic (exact) mass is 157 g/mol. The van der Waals surface area contributed by atoms with E-state index in [2.05, 4.69) is 4.74 Å². The summed E-state index contributed by atoms with van der Waals surface area (Å²) in [6.07, 6.45) is -0.00120. The Balaban J connectivity index is 2.68. The molecule has 1 aliphatic heterocycles. The fraction of sp³-hybridized carbons (Fsp3) is 0.714. The third kappa shape index (κ3) is 1.34. The Morgan fingerprint density at radius 3 is 2.73 bits per heavy atom. The maximum Gasteiger partial charge on any atom is 0.416 e. The highest BCUT2D eigenvalue weighted by atomic mass is 16.6. The standard InChI is InChI=1S/C7H11NO3/c1-5(2)6-3-11-7(10)8(6)4-9/h4-6H,3H2,1-2H3/t6-/m0/s1. The van der Waals surface area contributed by atoms with Crippen LogP contribution in [0.25, 0.3) is 0 Å². The third-order valence-corrected chi connectivity index (χ3v) is 1.83. The topological polar surface area (TPSA) is 46.6 Å². The van der Waals surface area contributed by atoms with E-state index in [0.29, 0.717) is 13.0 Å². The van der Waals surface area contributed by atoms with Crippen molar-refractivity contribution in [3.8, 4) is 0 Å². The number of ether oxygens (including phenoxy) is 1. The Labute approximate surface area is 65.1 Å². The van der Waals surface area contributed by atoms with Gasteiger partial charge >= 0.3 is 6.09 Å². The van der Waals surface area contributed by atoms with E-state index in [0.717, 1.165) is 4.90 Å². The first-order valence-electron chi connectivity index (χ1n) is 3.57. The van der Waals surface area contributed by atoms with Crippen molar-refractivity contribution in [2.45, 2.75) is 19.9 Å². The summed E-state index contributed by atoms with van der Waals surface area (Å²) in [5.41, 5.74) is 0. The summed E-state index contributed by atoms with van der Waals surface area (Å²) in [6.45, 7) is 4.22. The summed E-state index contributed by atoms with van der Waals surface area (Å²) in [5, 5.41) is 0. The molecule has 1 atom stereocenters. The summed E-state index contributed by atoms with van der Waals surface area (Å²) < 4.78 is 4.69. The smallest absolute Gasteiger partial charge is 0.416 e. The second kappa shape index (κ2) is 2.90. The average Bonchev–Trinajstić information content (AvgIpc) is 2.30. The van der Waals surface area contributed by atoms with Gasteiger partial charge in [0, 0.05) is 0 Å². The van der Waals surface area contributed by atoms with Crippen molar-refractivity contribution in [3.05, 3.63) is 0 Å². The van der Waals surface area contributed by atoms with Gasteiger partial charge in [-0.2, -0.15) is 0 Å². The molecular weight excluding hydrogens is 146 g/mol. The van der Waals surface area contributed by atoms with Crippen molar-refractivity contribution in [2.75, 3.05) is 6.61 Å². The molecule has 0 unspecified atom stereocenters. The van der Waals surface area contributed by atoms with E-state index < -0.39 is 6.09 Å². The van der Waals surface area contributed by atoms with Crippen molar-refractivity contribution in [3.63, 3.8) is 0 Å². The second-order valence-electron chi connectivity index (χ2n) is 2.90. The first-order valence-corrected chi connectivity index (χ1v) is 3.57. The molecule has 1 heterocycles. The maximum atomic E-state index is 10.8. The minimum atomic E-state index is -0.529. The number of cyclic esters (lactones) is 1. The van der Waals surface area contributed by atoms with Gasteiger partial charge in [0.15, 0.2) is 0 Å². The molecule has 1 saturated heterocycles. The highest BCUT2D eigenvalue weighted by Crippen LogP contribution is 2.16. The van der Waals surface area contributed by atoms with E-state index in [1.807, 2.05) is 13.8 Å². The molecule has 11 heavy (non-hydrogen) atoms. The predicted molar refractivity (Wildman–Crippen MR) is 37.9 cm³/mol. The van der Waals surface area contributed by atoms with Gasteiger partial charge in [-0.1, -0.05) is 13.8 Å². The largest absolute Gasteiger partial charge is 0.447 e. The highest BCUT2D eigenvalue weighted by molar-refractivity contribution is 5.82. The lowest BCUT2D eigenvalue weighted by Crippen LogP contribution is -2.35. The Morgan fingerprint density at radius 2 is 2.36 bits per heavy atom. The van der Waals surface area contributed by atoms with Gasteiger partial charge in [-0.05, 0) is 5.92 Å². The lowest BCUT2D eigenvalue weighted by atomic mass is 10.1. The normalized spacial score (nSPS) is 24.1. The van der Waals surface area contributed by atoms with Gasteiger partial charge in [0.1, 0.15) is 6.61 Å². The van der Waals surface area contributed by atoms with Crippen LogP contribution in [0, 0.1) is 5.92 Å². The molecule has 0 saturated carbocycles. The van der Waals surface area contributed by atoms with Gasteiger partial charge in [-0.25, -0.2) is 9.69 Å². The summed E-state index contributed by atoms with van der Waals surface area (Å²) in [6, 6.07) is -0.0833. The molecule has 0 aromatic carbocycles. The van der Waals surface area contributed by atoms with Crippen LogP contribution in [0.2, 0.25) is 0 Å². The first kappa shape index (κ1) is 8.04. The zero-order valence-electron chi connectivity index (χ0n) is 6.61. The van der Waals surface area contributed by atoms with Crippen LogP contribution in [-0.2, 0) is 9.53 Å². The van der Waals surface area contributed by atoms with Crippen LogP contribution in [-0.4, -0.2) is 30.1 Å². The Morgan fingerprint density at radius 1 is 1.73 bits per heavy atom. The molecular formula is C7H11NO3. The molecule has 2 amide bonds. The molecule has 0 radical (unpaired) electrons. The third-order valence-electron chi connectivity index (χ3n) is 1.83. The summed E-state index contributed by atoms with van der Waals surface area (Å²) in [5.74, 6) is 0.256. The van der Waals surface area contributed by atoms with E-state index in [1.54, 1.807) is 0 Å². The number of hydrogen-bond donors (Lipinski definition) is 0. The maximum absolute atomic E-state index is 10.8. The highest BCUT2D eigenvalue weighted by Gasteiger charge is 2.34. The van der Waals surface area contributed by atoms with Crippen LogP contribution in [0.1, 0.15) is 13.8 Å². The first-order chi connectivity index (χ1) is 5.16. The van der Waals surface area contributed by atoms with Gasteiger partial charge < -0.3 is 4.74 Å². The molecule has 0 bridgehead atoms. The number of hydrogen-bond acceptors (Lipinski definition) is 3. The molecule has 0 aromatic heterocycles. The van der Waals surface area contributed by atoms with Crippen molar-refractivity contribution in [1.29, 1.82) is 0 Å². The number of nitrogens with zero attached hydrogens (tertiary/aromatic N) is 1. The van der Waals surface area contributed by atoms with Crippen molar-refractivity contribution in [2.24, 2.45) is 5.92 Å². The molecule has 0 aliphatic carbocycles. The van der Waals surface area contributed by atoms with Crippen LogP contribution in [0.5, 0.6) is 0 Å². The molecule has 4 heteroatoms. The van der Waals surface area contributed by atoms with Crippen molar-refractivity contribution in [1.82, 2.24) is 4.90 Å². The Bertz CT molecular complexity index is 179. The van der Waals surface area contributed by atoms with Crippen molar-refractivity contribution >= 4 is 12.5 Å². The summed E-state index contributed by atoms with van der Waals surface area (Å²) >= 11 is 0. The summed E-state index contributed by atoms with van der Waals surface area (Å²) in [4.78, 5) is 22.3. The average molecular weight is 157 g/mol. The molecule has 1 fully saturated rings. The molecule has 1 rings (SSSR count). The summed E-state index contributed by atoms with van der Waals surface area (Å²) in [7, 11) is 0. The lowest BCUT2D eigenvalue weighted by molar-refractivity contribution is -0.116. The van der Waals surface area contributed by atoms with Crippen LogP contribution in [0.3, 0.4) is 0 Å². The van der Waals surface area contributed by atoms with E-state index in [4.69, 9.17) is 0 Å². The number of carbonyl (C=O) groups is 2. The fourth-order valence-corrected chi connectivity index (χ4v) is 1.08. The number of amides is 2. The van der Waals surface area contributed by atoms with Gasteiger partial charge in [0.25, 0.3) is 0 Å². The molecule has 0 N–H and O–H groups in total. The van der Waals surface area contributed by atoms with Crippen LogP contribution in [0.4, 0.5) is 4.79 Å². The molecule has 62 valence electrons. The minimum absolute atomic E-state index is 0.0833. The lowest BCUT2D eigenvalue weighted by Gasteiger charge is -2.17. The Hall–Kier alpha value is -1.06. The molecule has 1 aliphatic rings. The van der Waals surface area contributed by atoms with Gasteiger partial charge in [0.2, 0.25) is 6.41 Å². The van der Waals surface area contributed by atoms with Gasteiger partial charge in [-0.15, -0.1) is 0 Å². The quantitative estimate of drug-likeness (QED) is 0.552. The van der Waals surface area contributed by atoms with Gasteiger partial charge in [-0.3, -0.25) is 4.79 Å². The van der Waals surface area contributed by atoms with Crippen LogP contribution < -0.4 is 0 Å². The zero-order valence-corrected chi connectivity index (χ0v) is 6.61. The predicted octanol–water partition coefficient (Wildman–Crippen LogP) is 0.620. The van der Waals surface area contributed by atoms with E-state index >= 15 is 0 Å². The minimum Gasteiger partial charge on any atom is -0.447 e. The number of imide groups is 1. The van der Waals surface area contributed by atoms with Crippen LogP contribution in [0.15, 0.2) is 0 Å². The zero-order chi connectivity index (χ0) is 8.43. The van der Waals surface area contributed by atoms with E-state index in [1.165, 1.54) is 0 Å². The van der Waals surface area contributed by atoms with Crippen molar-refractivity contribution < 1.29 is 14.3 Å². The number of carbonyl (C=O) groups excluding carboxylic acids is 2. The number of rotatable bonds is 2. The van der Waals surface area contributed by atoms with Crippen LogP contribution >= 0.6 is 0 Å². The van der Waals surface area contributed by atoms with E-state index in [9.17, 15) is 9.59 Å².